The number of aryl methyl sites for hydroxylation is 1. The summed E-state index contributed by atoms with van der Waals surface area (Å²) in [5.41, 5.74) is 1.58. The fourth-order valence-electron chi connectivity index (χ4n) is 2.93. The van der Waals surface area contributed by atoms with E-state index in [-0.39, 0.29) is 5.91 Å². The van der Waals surface area contributed by atoms with Crippen LogP contribution in [0.3, 0.4) is 0 Å². The molecule has 0 aliphatic heterocycles. The van der Waals surface area contributed by atoms with E-state index in [4.69, 9.17) is 0 Å². The average Bonchev–Trinajstić information content (AvgIpc) is 2.47. The number of amides is 1. The van der Waals surface area contributed by atoms with E-state index in [1.807, 2.05) is 19.1 Å². The van der Waals surface area contributed by atoms with Crippen LogP contribution in [0.4, 0.5) is 5.82 Å². The molecule has 1 fully saturated rings. The van der Waals surface area contributed by atoms with Gasteiger partial charge in [0.1, 0.15) is 5.82 Å². The lowest BCUT2D eigenvalue weighted by Gasteiger charge is -2.29. The Bertz CT molecular complexity index is 487. The van der Waals surface area contributed by atoms with Crippen LogP contribution in [0.5, 0.6) is 0 Å². The molecule has 1 saturated carbocycles. The van der Waals surface area contributed by atoms with Gasteiger partial charge in [0.05, 0.1) is 0 Å². The maximum atomic E-state index is 12.5. The lowest BCUT2D eigenvalue weighted by Crippen LogP contribution is -2.41. The summed E-state index contributed by atoms with van der Waals surface area (Å²) in [5, 5.41) is 6.45. The summed E-state index contributed by atoms with van der Waals surface area (Å²) in [7, 11) is 0. The van der Waals surface area contributed by atoms with Crippen LogP contribution in [0, 0.1) is 12.8 Å². The van der Waals surface area contributed by atoms with Crippen molar-refractivity contribution in [1.29, 1.82) is 0 Å². The van der Waals surface area contributed by atoms with E-state index in [1.54, 1.807) is 0 Å². The first-order chi connectivity index (χ1) is 10.1. The van der Waals surface area contributed by atoms with Gasteiger partial charge in [-0.05, 0) is 44.2 Å². The Morgan fingerprint density at radius 3 is 2.81 bits per heavy atom. The van der Waals surface area contributed by atoms with E-state index in [1.165, 1.54) is 19.3 Å². The molecule has 1 aliphatic carbocycles. The van der Waals surface area contributed by atoms with Crippen LogP contribution in [0.15, 0.2) is 12.1 Å². The Balaban J connectivity index is 2.05. The Labute approximate surface area is 127 Å². The average molecular weight is 289 g/mol. The highest BCUT2D eigenvalue weighted by Gasteiger charge is 2.23. The molecule has 116 valence electrons. The van der Waals surface area contributed by atoms with Crippen LogP contribution in [0.1, 0.15) is 62.0 Å². The van der Waals surface area contributed by atoms with Gasteiger partial charge in [0, 0.05) is 23.8 Å². The first kappa shape index (κ1) is 15.8. The van der Waals surface area contributed by atoms with Gasteiger partial charge in [-0.1, -0.05) is 26.7 Å². The largest absolute Gasteiger partial charge is 0.370 e. The fourth-order valence-corrected chi connectivity index (χ4v) is 2.93. The summed E-state index contributed by atoms with van der Waals surface area (Å²) in [6, 6.07) is 4.03. The van der Waals surface area contributed by atoms with Crippen molar-refractivity contribution in [2.75, 3.05) is 11.9 Å². The third kappa shape index (κ3) is 4.45. The second-order valence-corrected chi connectivity index (χ2v) is 6.15. The summed E-state index contributed by atoms with van der Waals surface area (Å²) >= 11 is 0. The van der Waals surface area contributed by atoms with E-state index >= 15 is 0 Å². The molecule has 2 rings (SSSR count). The third-order valence-electron chi connectivity index (χ3n) is 4.20. The maximum Gasteiger partial charge on any atom is 0.251 e. The van der Waals surface area contributed by atoms with Crippen molar-refractivity contribution in [1.82, 2.24) is 10.3 Å². The summed E-state index contributed by atoms with van der Waals surface area (Å²) < 4.78 is 0. The molecule has 1 aromatic heterocycles. The van der Waals surface area contributed by atoms with Crippen molar-refractivity contribution in [3.63, 3.8) is 0 Å². The molecule has 21 heavy (non-hydrogen) atoms. The second kappa shape index (κ2) is 7.43. The summed E-state index contributed by atoms with van der Waals surface area (Å²) in [5.74, 6) is 1.39. The number of nitrogens with zero attached hydrogens (tertiary/aromatic N) is 1. The van der Waals surface area contributed by atoms with Gasteiger partial charge in [0.15, 0.2) is 0 Å². The van der Waals surface area contributed by atoms with Gasteiger partial charge >= 0.3 is 0 Å². The minimum Gasteiger partial charge on any atom is -0.370 e. The van der Waals surface area contributed by atoms with Gasteiger partial charge in [-0.3, -0.25) is 4.79 Å². The molecule has 0 radical (unpaired) electrons. The smallest absolute Gasteiger partial charge is 0.251 e. The fraction of sp³-hybridized carbons (Fsp3) is 0.647. The molecule has 0 bridgehead atoms. The van der Waals surface area contributed by atoms with Gasteiger partial charge in [0.2, 0.25) is 0 Å². The Kier molecular flexibility index (Phi) is 5.59. The number of aromatic nitrogens is 1. The molecule has 2 unspecified atom stereocenters. The zero-order valence-electron chi connectivity index (χ0n) is 13.4. The minimum absolute atomic E-state index is 0.0267. The number of nitrogens with one attached hydrogen (secondary N) is 2. The molecule has 2 atom stereocenters. The summed E-state index contributed by atoms with van der Waals surface area (Å²) in [6.45, 7) is 7.14. The number of rotatable bonds is 5. The van der Waals surface area contributed by atoms with Gasteiger partial charge in [-0.25, -0.2) is 4.98 Å². The first-order valence-corrected chi connectivity index (χ1v) is 8.13. The quantitative estimate of drug-likeness (QED) is 0.872. The number of anilines is 1. The molecular formula is C17H27N3O. The monoisotopic (exact) mass is 289 g/mol. The van der Waals surface area contributed by atoms with Crippen molar-refractivity contribution in [2.45, 2.75) is 58.9 Å². The number of hydrogen-bond donors (Lipinski definition) is 2. The van der Waals surface area contributed by atoms with Crippen molar-refractivity contribution >= 4 is 11.7 Å². The molecule has 2 N–H and O–H groups in total. The molecule has 1 aromatic rings. The van der Waals surface area contributed by atoms with E-state index in [9.17, 15) is 4.79 Å². The Morgan fingerprint density at radius 2 is 2.10 bits per heavy atom. The topological polar surface area (TPSA) is 54.0 Å². The zero-order valence-corrected chi connectivity index (χ0v) is 13.4. The predicted molar refractivity (Wildman–Crippen MR) is 86.6 cm³/mol. The van der Waals surface area contributed by atoms with Crippen LogP contribution < -0.4 is 10.6 Å². The van der Waals surface area contributed by atoms with E-state index < -0.39 is 0 Å². The summed E-state index contributed by atoms with van der Waals surface area (Å²) in [4.78, 5) is 16.9. The van der Waals surface area contributed by atoms with E-state index in [0.29, 0.717) is 17.5 Å². The molecule has 1 heterocycles. The second-order valence-electron chi connectivity index (χ2n) is 6.15. The molecule has 4 heteroatoms. The normalized spacial score (nSPS) is 21.9. The van der Waals surface area contributed by atoms with Crippen molar-refractivity contribution < 1.29 is 4.79 Å². The van der Waals surface area contributed by atoms with E-state index in [2.05, 4.69) is 29.5 Å². The maximum absolute atomic E-state index is 12.5. The molecule has 4 nitrogen and oxygen atoms in total. The van der Waals surface area contributed by atoms with Crippen molar-refractivity contribution in [3.8, 4) is 0 Å². The van der Waals surface area contributed by atoms with Gasteiger partial charge in [-0.15, -0.1) is 0 Å². The lowest BCUT2D eigenvalue weighted by molar-refractivity contribution is 0.0910. The predicted octanol–water partition coefficient (Wildman–Crippen LogP) is 3.52. The van der Waals surface area contributed by atoms with Crippen LogP contribution in [-0.4, -0.2) is 23.5 Å². The SMILES string of the molecule is CCCNc1cc(C(=O)NC2CCCCC2C)cc(C)n1. The molecule has 0 spiro atoms. The number of hydrogen-bond acceptors (Lipinski definition) is 3. The van der Waals surface area contributed by atoms with Crippen molar-refractivity contribution in [2.24, 2.45) is 5.92 Å². The van der Waals surface area contributed by atoms with E-state index in [0.717, 1.165) is 30.9 Å². The zero-order chi connectivity index (χ0) is 15.2. The van der Waals surface area contributed by atoms with Gasteiger partial charge in [0.25, 0.3) is 5.91 Å². The summed E-state index contributed by atoms with van der Waals surface area (Å²) in [6.07, 6.45) is 5.85. The molecule has 0 saturated heterocycles. The standard InChI is InChI=1S/C17H27N3O/c1-4-9-18-16-11-14(10-13(3)19-16)17(21)20-15-8-6-5-7-12(15)2/h10-12,15H,4-9H2,1-3H3,(H,18,19)(H,20,21). The molecule has 0 aromatic carbocycles. The third-order valence-corrected chi connectivity index (χ3v) is 4.20. The van der Waals surface area contributed by atoms with Crippen LogP contribution in [0.2, 0.25) is 0 Å². The highest BCUT2D eigenvalue weighted by molar-refractivity contribution is 5.95. The van der Waals surface area contributed by atoms with Crippen LogP contribution >= 0.6 is 0 Å². The highest BCUT2D eigenvalue weighted by Crippen LogP contribution is 2.24. The lowest BCUT2D eigenvalue weighted by atomic mass is 9.86. The van der Waals surface area contributed by atoms with Gasteiger partial charge in [-0.2, -0.15) is 0 Å². The highest BCUT2D eigenvalue weighted by atomic mass is 16.1. The number of carbonyl (C=O) groups excluding carboxylic acids is 1. The number of pyridine rings is 1. The molecule has 1 aliphatic rings. The van der Waals surface area contributed by atoms with Crippen molar-refractivity contribution in [3.05, 3.63) is 23.4 Å². The van der Waals surface area contributed by atoms with Crippen LogP contribution in [-0.2, 0) is 0 Å². The first-order valence-electron chi connectivity index (χ1n) is 8.13. The number of carbonyl (C=O) groups is 1. The molecular weight excluding hydrogens is 262 g/mol. The minimum atomic E-state index is 0.0267. The Hall–Kier alpha value is -1.58. The molecule has 1 amide bonds. The van der Waals surface area contributed by atoms with Gasteiger partial charge < -0.3 is 10.6 Å². The Morgan fingerprint density at radius 1 is 1.33 bits per heavy atom. The van der Waals surface area contributed by atoms with Crippen LogP contribution in [0.25, 0.3) is 0 Å².